The quantitative estimate of drug-likeness (QED) is 0.655. The topological polar surface area (TPSA) is 41.9 Å². The molecular weight excluding hydrogens is 330 g/mol. The molecule has 1 heterocycles. The summed E-state index contributed by atoms with van der Waals surface area (Å²) in [5.41, 5.74) is 4.19. The number of nitrogens with zero attached hydrogens (tertiary/aromatic N) is 1. The van der Waals surface area contributed by atoms with E-state index in [0.29, 0.717) is 17.2 Å². The average Bonchev–Trinajstić information content (AvgIpc) is 3.08. The largest absolute Gasteiger partial charge is 0.497 e. The monoisotopic (exact) mass is 353 g/mol. The highest BCUT2D eigenvalue weighted by molar-refractivity contribution is 5.71. The molecule has 5 heteroatoms. The summed E-state index contributed by atoms with van der Waals surface area (Å²) in [5, 5.41) is 0. The van der Waals surface area contributed by atoms with Crippen LogP contribution in [0.4, 0.5) is 0 Å². The van der Waals surface area contributed by atoms with Crippen LogP contribution in [0.25, 0.3) is 16.9 Å². The third kappa shape index (κ3) is 3.08. The zero-order chi connectivity index (χ0) is 18.7. The van der Waals surface area contributed by atoms with E-state index in [1.165, 1.54) is 0 Å². The van der Waals surface area contributed by atoms with Crippen molar-refractivity contribution in [1.82, 2.24) is 4.57 Å². The molecule has 0 spiro atoms. The second-order valence-electron chi connectivity index (χ2n) is 5.81. The van der Waals surface area contributed by atoms with Crippen LogP contribution in [0.5, 0.6) is 23.0 Å². The number of hydrogen-bond acceptors (Lipinski definition) is 4. The van der Waals surface area contributed by atoms with Crippen LogP contribution in [0, 0.1) is 6.92 Å². The molecule has 0 saturated heterocycles. The number of aryl methyl sites for hydroxylation is 1. The summed E-state index contributed by atoms with van der Waals surface area (Å²) in [6.07, 6.45) is 0. The molecule has 26 heavy (non-hydrogen) atoms. The minimum Gasteiger partial charge on any atom is -0.497 e. The smallest absolute Gasteiger partial charge is 0.203 e. The Bertz CT molecular complexity index is 872. The van der Waals surface area contributed by atoms with E-state index in [0.717, 1.165) is 28.4 Å². The van der Waals surface area contributed by atoms with E-state index >= 15 is 0 Å². The van der Waals surface area contributed by atoms with Gasteiger partial charge >= 0.3 is 0 Å². The fourth-order valence-corrected chi connectivity index (χ4v) is 3.07. The van der Waals surface area contributed by atoms with Crippen LogP contribution in [0.3, 0.4) is 0 Å². The Morgan fingerprint density at radius 3 is 1.81 bits per heavy atom. The van der Waals surface area contributed by atoms with Gasteiger partial charge in [0.1, 0.15) is 5.75 Å². The SMILES string of the molecule is COc1ccc(-n2c(C)ccc2-c2cc(OC)c(OC)c(OC)c2)cc1. The lowest BCUT2D eigenvalue weighted by Crippen LogP contribution is -2.01. The predicted molar refractivity (Wildman–Crippen MR) is 102 cm³/mol. The van der Waals surface area contributed by atoms with Crippen molar-refractivity contribution in [3.8, 4) is 39.9 Å². The minimum absolute atomic E-state index is 0.582. The summed E-state index contributed by atoms with van der Waals surface area (Å²) >= 11 is 0. The van der Waals surface area contributed by atoms with E-state index in [1.54, 1.807) is 28.4 Å². The van der Waals surface area contributed by atoms with Gasteiger partial charge in [-0.2, -0.15) is 0 Å². The van der Waals surface area contributed by atoms with Crippen molar-refractivity contribution >= 4 is 0 Å². The minimum atomic E-state index is 0.582. The molecule has 3 rings (SSSR count). The second-order valence-corrected chi connectivity index (χ2v) is 5.81. The molecule has 0 aliphatic carbocycles. The standard InChI is InChI=1S/C21H23NO4/c1-14-6-11-18(22(14)16-7-9-17(23-2)10-8-16)15-12-19(24-3)21(26-5)20(13-15)25-4/h6-13H,1-5H3. The van der Waals surface area contributed by atoms with Gasteiger partial charge in [0, 0.05) is 16.9 Å². The number of hydrogen-bond donors (Lipinski definition) is 0. The molecule has 0 aliphatic rings. The van der Waals surface area contributed by atoms with Gasteiger partial charge in [0.2, 0.25) is 5.75 Å². The zero-order valence-electron chi connectivity index (χ0n) is 15.7. The van der Waals surface area contributed by atoms with Crippen LogP contribution < -0.4 is 18.9 Å². The van der Waals surface area contributed by atoms with Gasteiger partial charge in [0.25, 0.3) is 0 Å². The van der Waals surface area contributed by atoms with Gasteiger partial charge in [-0.05, 0) is 55.5 Å². The maximum atomic E-state index is 5.49. The summed E-state index contributed by atoms with van der Waals surface area (Å²) < 4.78 is 23.9. The van der Waals surface area contributed by atoms with Crippen LogP contribution in [0.2, 0.25) is 0 Å². The van der Waals surface area contributed by atoms with E-state index in [1.807, 2.05) is 36.4 Å². The van der Waals surface area contributed by atoms with Gasteiger partial charge in [0.15, 0.2) is 11.5 Å². The maximum Gasteiger partial charge on any atom is 0.203 e. The molecule has 0 bridgehead atoms. The molecule has 0 unspecified atom stereocenters. The third-order valence-corrected chi connectivity index (χ3v) is 4.37. The Hall–Kier alpha value is -3.08. The lowest BCUT2D eigenvalue weighted by Gasteiger charge is -2.16. The summed E-state index contributed by atoms with van der Waals surface area (Å²) in [7, 11) is 6.51. The van der Waals surface area contributed by atoms with Crippen molar-refractivity contribution < 1.29 is 18.9 Å². The van der Waals surface area contributed by atoms with Crippen LogP contribution in [-0.4, -0.2) is 33.0 Å². The molecule has 0 aliphatic heterocycles. The molecule has 0 saturated carbocycles. The van der Waals surface area contributed by atoms with Crippen molar-refractivity contribution in [1.29, 1.82) is 0 Å². The summed E-state index contributed by atoms with van der Waals surface area (Å²) in [6.45, 7) is 2.08. The lowest BCUT2D eigenvalue weighted by atomic mass is 10.1. The van der Waals surface area contributed by atoms with Crippen LogP contribution in [0.15, 0.2) is 48.5 Å². The number of ether oxygens (including phenoxy) is 4. The fraction of sp³-hybridized carbons (Fsp3) is 0.238. The van der Waals surface area contributed by atoms with E-state index < -0.39 is 0 Å². The first-order valence-electron chi connectivity index (χ1n) is 8.26. The Morgan fingerprint density at radius 1 is 0.692 bits per heavy atom. The molecule has 0 fully saturated rings. The molecule has 5 nitrogen and oxygen atoms in total. The molecule has 136 valence electrons. The van der Waals surface area contributed by atoms with Crippen molar-refractivity contribution in [2.75, 3.05) is 28.4 Å². The molecular formula is C21H23NO4. The van der Waals surface area contributed by atoms with E-state index in [9.17, 15) is 0 Å². The van der Waals surface area contributed by atoms with Gasteiger partial charge in [-0.25, -0.2) is 0 Å². The second kappa shape index (κ2) is 7.44. The Labute approximate surface area is 153 Å². The fourth-order valence-electron chi connectivity index (χ4n) is 3.07. The van der Waals surface area contributed by atoms with Crippen molar-refractivity contribution in [2.45, 2.75) is 6.92 Å². The Balaban J connectivity index is 2.16. The molecule has 0 radical (unpaired) electrons. The van der Waals surface area contributed by atoms with Crippen molar-refractivity contribution in [2.24, 2.45) is 0 Å². The number of rotatable bonds is 6. The third-order valence-electron chi connectivity index (χ3n) is 4.37. The van der Waals surface area contributed by atoms with Gasteiger partial charge in [-0.1, -0.05) is 0 Å². The van der Waals surface area contributed by atoms with Crippen LogP contribution in [0.1, 0.15) is 5.69 Å². The number of methoxy groups -OCH3 is 4. The van der Waals surface area contributed by atoms with Gasteiger partial charge in [0.05, 0.1) is 34.1 Å². The maximum absolute atomic E-state index is 5.49. The van der Waals surface area contributed by atoms with Gasteiger partial charge in [-0.3, -0.25) is 0 Å². The van der Waals surface area contributed by atoms with E-state index in [4.69, 9.17) is 18.9 Å². The average molecular weight is 353 g/mol. The lowest BCUT2D eigenvalue weighted by molar-refractivity contribution is 0.324. The molecule has 0 amide bonds. The molecule has 0 atom stereocenters. The molecule has 0 N–H and O–H groups in total. The number of benzene rings is 2. The molecule has 1 aromatic heterocycles. The zero-order valence-corrected chi connectivity index (χ0v) is 15.7. The first kappa shape index (κ1) is 17.7. The highest BCUT2D eigenvalue weighted by Crippen LogP contribution is 2.42. The molecule has 3 aromatic rings. The first-order valence-corrected chi connectivity index (χ1v) is 8.26. The molecule has 2 aromatic carbocycles. The summed E-state index contributed by atoms with van der Waals surface area (Å²) in [5.74, 6) is 2.66. The normalized spacial score (nSPS) is 10.5. The highest BCUT2D eigenvalue weighted by atomic mass is 16.5. The van der Waals surface area contributed by atoms with Gasteiger partial charge in [-0.15, -0.1) is 0 Å². The van der Waals surface area contributed by atoms with E-state index in [-0.39, 0.29) is 0 Å². The number of aromatic nitrogens is 1. The van der Waals surface area contributed by atoms with Crippen LogP contribution in [-0.2, 0) is 0 Å². The van der Waals surface area contributed by atoms with Gasteiger partial charge < -0.3 is 23.5 Å². The van der Waals surface area contributed by atoms with E-state index in [2.05, 4.69) is 23.6 Å². The highest BCUT2D eigenvalue weighted by Gasteiger charge is 2.17. The Kier molecular flexibility index (Phi) is 5.07. The predicted octanol–water partition coefficient (Wildman–Crippen LogP) is 4.49. The van der Waals surface area contributed by atoms with Crippen molar-refractivity contribution in [3.63, 3.8) is 0 Å². The Morgan fingerprint density at radius 2 is 1.31 bits per heavy atom. The van der Waals surface area contributed by atoms with Crippen LogP contribution >= 0.6 is 0 Å². The van der Waals surface area contributed by atoms with Crippen molar-refractivity contribution in [3.05, 3.63) is 54.2 Å². The summed E-state index contributed by atoms with van der Waals surface area (Å²) in [4.78, 5) is 0. The summed E-state index contributed by atoms with van der Waals surface area (Å²) in [6, 6.07) is 16.1. The first-order chi connectivity index (χ1) is 12.6.